The molecule has 1 aromatic heterocycles. The lowest BCUT2D eigenvalue weighted by Gasteiger charge is -2.27. The summed E-state index contributed by atoms with van der Waals surface area (Å²) in [5, 5.41) is 20.1. The quantitative estimate of drug-likeness (QED) is 0.832. The van der Waals surface area contributed by atoms with Crippen LogP contribution in [-0.4, -0.2) is 49.3 Å². The topological polar surface area (TPSA) is 84.1 Å². The van der Waals surface area contributed by atoms with Gasteiger partial charge in [0.2, 0.25) is 0 Å². The Labute approximate surface area is 123 Å². The maximum absolute atomic E-state index is 11.0. The van der Waals surface area contributed by atoms with Gasteiger partial charge in [-0.2, -0.15) is 0 Å². The second-order valence-electron chi connectivity index (χ2n) is 4.89. The minimum atomic E-state index is -0.813. The molecule has 0 fully saturated rings. The molecule has 112 valence electrons. The lowest BCUT2D eigenvalue weighted by Crippen LogP contribution is -2.33. The van der Waals surface area contributed by atoms with Crippen molar-refractivity contribution in [3.05, 3.63) is 36.2 Å². The van der Waals surface area contributed by atoms with E-state index in [0.29, 0.717) is 0 Å². The van der Waals surface area contributed by atoms with E-state index < -0.39 is 5.97 Å². The summed E-state index contributed by atoms with van der Waals surface area (Å²) in [6.45, 7) is 4.82. The maximum Gasteiger partial charge on any atom is 0.317 e. The van der Waals surface area contributed by atoms with Crippen LogP contribution in [0.4, 0.5) is 0 Å². The third-order valence-corrected chi connectivity index (χ3v) is 3.36. The van der Waals surface area contributed by atoms with E-state index in [9.17, 15) is 4.79 Å². The minimum absolute atomic E-state index is 0.0116. The predicted octanol–water partition coefficient (Wildman–Crippen LogP) is 1.52. The van der Waals surface area contributed by atoms with Crippen LogP contribution in [-0.2, 0) is 4.79 Å². The number of benzene rings is 1. The summed E-state index contributed by atoms with van der Waals surface area (Å²) >= 11 is 0. The summed E-state index contributed by atoms with van der Waals surface area (Å²) in [4.78, 5) is 12.9. The molecule has 21 heavy (non-hydrogen) atoms. The van der Waals surface area contributed by atoms with Crippen LogP contribution in [0.3, 0.4) is 0 Å². The zero-order chi connectivity index (χ0) is 15.2. The highest BCUT2D eigenvalue weighted by Gasteiger charge is 2.18. The van der Waals surface area contributed by atoms with E-state index in [1.165, 1.54) is 6.33 Å². The van der Waals surface area contributed by atoms with Gasteiger partial charge in [-0.25, -0.2) is 4.68 Å². The zero-order valence-corrected chi connectivity index (χ0v) is 12.2. The number of aliphatic carboxylic acids is 1. The highest BCUT2D eigenvalue weighted by molar-refractivity contribution is 5.69. The van der Waals surface area contributed by atoms with E-state index in [2.05, 4.69) is 15.5 Å². The van der Waals surface area contributed by atoms with E-state index in [0.717, 1.165) is 24.2 Å². The fourth-order valence-corrected chi connectivity index (χ4v) is 2.29. The third-order valence-electron chi connectivity index (χ3n) is 3.36. The van der Waals surface area contributed by atoms with Crippen LogP contribution in [0.15, 0.2) is 30.6 Å². The number of aromatic nitrogens is 4. The van der Waals surface area contributed by atoms with Gasteiger partial charge in [0.05, 0.1) is 12.2 Å². The molecule has 1 N–H and O–H groups in total. The number of carboxylic acids is 1. The van der Waals surface area contributed by atoms with E-state index in [-0.39, 0.29) is 12.6 Å². The molecular formula is C14H19N5O2. The average Bonchev–Trinajstić information content (AvgIpc) is 3.00. The SMILES string of the molecule is CCCN(CC(=O)O)C(C)c1cccc(-n2cnnn2)c1. The van der Waals surface area contributed by atoms with Crippen molar-refractivity contribution in [2.45, 2.75) is 26.3 Å². The van der Waals surface area contributed by atoms with E-state index >= 15 is 0 Å². The second kappa shape index (κ2) is 6.94. The fraction of sp³-hybridized carbons (Fsp3) is 0.429. The van der Waals surface area contributed by atoms with Gasteiger partial charge in [-0.05, 0) is 48.0 Å². The summed E-state index contributed by atoms with van der Waals surface area (Å²) < 4.78 is 1.58. The molecule has 0 amide bonds. The number of hydrogen-bond donors (Lipinski definition) is 1. The van der Waals surface area contributed by atoms with E-state index in [1.807, 2.05) is 43.0 Å². The molecule has 1 heterocycles. The van der Waals surface area contributed by atoms with Gasteiger partial charge in [0.1, 0.15) is 6.33 Å². The standard InChI is InChI=1S/C14H19N5O2/c1-3-7-18(9-14(20)21)11(2)12-5-4-6-13(8-12)19-10-15-16-17-19/h4-6,8,10-11H,3,7,9H2,1-2H3,(H,20,21). The first kappa shape index (κ1) is 15.1. The van der Waals surface area contributed by atoms with Crippen LogP contribution in [0, 0.1) is 0 Å². The van der Waals surface area contributed by atoms with E-state index in [4.69, 9.17) is 5.11 Å². The van der Waals surface area contributed by atoms with Gasteiger partial charge in [0, 0.05) is 6.04 Å². The Kier molecular flexibility index (Phi) is 4.99. The maximum atomic E-state index is 11.0. The molecule has 1 atom stereocenters. The largest absolute Gasteiger partial charge is 0.480 e. The lowest BCUT2D eigenvalue weighted by atomic mass is 10.1. The zero-order valence-electron chi connectivity index (χ0n) is 12.2. The Balaban J connectivity index is 2.23. The molecule has 0 saturated carbocycles. The average molecular weight is 289 g/mol. The third kappa shape index (κ3) is 3.85. The van der Waals surface area contributed by atoms with Crippen LogP contribution in [0.5, 0.6) is 0 Å². The molecule has 0 aliphatic carbocycles. The lowest BCUT2D eigenvalue weighted by molar-refractivity contribution is -0.138. The summed E-state index contributed by atoms with van der Waals surface area (Å²) in [7, 11) is 0. The molecular weight excluding hydrogens is 270 g/mol. The molecule has 0 radical (unpaired) electrons. The van der Waals surface area contributed by atoms with Gasteiger partial charge >= 0.3 is 5.97 Å². The molecule has 0 aliphatic rings. The molecule has 0 saturated heterocycles. The van der Waals surface area contributed by atoms with Gasteiger partial charge < -0.3 is 5.11 Å². The molecule has 1 unspecified atom stereocenters. The molecule has 2 aromatic rings. The number of rotatable bonds is 7. The Bertz CT molecular complexity index is 585. The number of hydrogen-bond acceptors (Lipinski definition) is 5. The van der Waals surface area contributed by atoms with Crippen LogP contribution in [0.25, 0.3) is 5.69 Å². The first-order valence-corrected chi connectivity index (χ1v) is 6.91. The van der Waals surface area contributed by atoms with Crippen molar-refractivity contribution < 1.29 is 9.90 Å². The molecule has 1 aromatic carbocycles. The molecule has 2 rings (SSSR count). The predicted molar refractivity (Wildman–Crippen MR) is 77.1 cm³/mol. The van der Waals surface area contributed by atoms with Crippen molar-refractivity contribution >= 4 is 5.97 Å². The Morgan fingerprint density at radius 2 is 2.29 bits per heavy atom. The second-order valence-corrected chi connectivity index (χ2v) is 4.89. The highest BCUT2D eigenvalue weighted by atomic mass is 16.4. The van der Waals surface area contributed by atoms with Gasteiger partial charge in [-0.3, -0.25) is 9.69 Å². The van der Waals surface area contributed by atoms with Crippen molar-refractivity contribution in [3.8, 4) is 5.69 Å². The number of tetrazole rings is 1. The van der Waals surface area contributed by atoms with Crippen molar-refractivity contribution in [2.24, 2.45) is 0 Å². The molecule has 7 heteroatoms. The van der Waals surface area contributed by atoms with Crippen LogP contribution in [0.2, 0.25) is 0 Å². The van der Waals surface area contributed by atoms with Crippen LogP contribution >= 0.6 is 0 Å². The number of nitrogens with zero attached hydrogens (tertiary/aromatic N) is 5. The molecule has 0 bridgehead atoms. The Morgan fingerprint density at radius 1 is 1.48 bits per heavy atom. The first-order valence-electron chi connectivity index (χ1n) is 6.91. The summed E-state index contributed by atoms with van der Waals surface area (Å²) in [6.07, 6.45) is 2.44. The molecule has 0 aliphatic heterocycles. The first-order chi connectivity index (χ1) is 10.1. The number of carbonyl (C=O) groups is 1. The minimum Gasteiger partial charge on any atom is -0.480 e. The van der Waals surface area contributed by atoms with Gasteiger partial charge in [0.15, 0.2) is 0 Å². The monoisotopic (exact) mass is 289 g/mol. The Morgan fingerprint density at radius 3 is 2.90 bits per heavy atom. The van der Waals surface area contributed by atoms with Crippen LogP contribution in [0.1, 0.15) is 31.9 Å². The van der Waals surface area contributed by atoms with Crippen molar-refractivity contribution in [3.63, 3.8) is 0 Å². The smallest absolute Gasteiger partial charge is 0.317 e. The molecule has 7 nitrogen and oxygen atoms in total. The summed E-state index contributed by atoms with van der Waals surface area (Å²) in [6, 6.07) is 7.81. The van der Waals surface area contributed by atoms with Crippen LogP contribution < -0.4 is 0 Å². The molecule has 0 spiro atoms. The van der Waals surface area contributed by atoms with Gasteiger partial charge in [-0.15, -0.1) is 5.10 Å². The van der Waals surface area contributed by atoms with Gasteiger partial charge in [-0.1, -0.05) is 19.1 Å². The summed E-state index contributed by atoms with van der Waals surface area (Å²) in [5.74, 6) is -0.813. The van der Waals surface area contributed by atoms with E-state index in [1.54, 1.807) is 4.68 Å². The Hall–Kier alpha value is -2.28. The highest BCUT2D eigenvalue weighted by Crippen LogP contribution is 2.22. The normalized spacial score (nSPS) is 12.5. The van der Waals surface area contributed by atoms with Crippen molar-refractivity contribution in [1.82, 2.24) is 25.1 Å². The van der Waals surface area contributed by atoms with Gasteiger partial charge in [0.25, 0.3) is 0 Å². The fourth-order valence-electron chi connectivity index (χ4n) is 2.29. The van der Waals surface area contributed by atoms with Crippen molar-refractivity contribution in [2.75, 3.05) is 13.1 Å². The summed E-state index contributed by atoms with van der Waals surface area (Å²) in [5.41, 5.74) is 1.90. The van der Waals surface area contributed by atoms with Crippen molar-refractivity contribution in [1.29, 1.82) is 0 Å². The number of carboxylic acid groups (broad SMARTS) is 1.